The summed E-state index contributed by atoms with van der Waals surface area (Å²) in [6, 6.07) is 10.9. The van der Waals surface area contributed by atoms with Crippen LogP contribution in [0.5, 0.6) is 0 Å². The zero-order valence-electron chi connectivity index (χ0n) is 16.3. The number of rotatable bonds is 7. The predicted octanol–water partition coefficient (Wildman–Crippen LogP) is 1.76. The Labute approximate surface area is 166 Å². The first-order chi connectivity index (χ1) is 13.0. The van der Waals surface area contributed by atoms with Crippen molar-refractivity contribution in [1.29, 1.82) is 0 Å². The van der Waals surface area contributed by atoms with Crippen molar-refractivity contribution in [3.8, 4) is 0 Å². The maximum absolute atomic E-state index is 12.5. The second-order valence-electron chi connectivity index (χ2n) is 6.59. The van der Waals surface area contributed by atoms with Crippen LogP contribution in [0.1, 0.15) is 21.5 Å². The number of amides is 1. The van der Waals surface area contributed by atoms with Crippen molar-refractivity contribution in [2.45, 2.75) is 23.6 Å². The molecule has 0 aliphatic rings. The van der Waals surface area contributed by atoms with Gasteiger partial charge in [-0.2, -0.15) is 0 Å². The number of sulfonamides is 1. The molecular weight excluding hydrogens is 400 g/mol. The van der Waals surface area contributed by atoms with Crippen LogP contribution in [0.15, 0.2) is 52.3 Å². The van der Waals surface area contributed by atoms with Crippen LogP contribution >= 0.6 is 0 Å². The lowest BCUT2D eigenvalue weighted by molar-refractivity contribution is 0.0956. The van der Waals surface area contributed by atoms with Gasteiger partial charge >= 0.3 is 0 Å². The Hall–Kier alpha value is -2.23. The molecule has 2 aromatic rings. The van der Waals surface area contributed by atoms with E-state index in [0.717, 1.165) is 4.31 Å². The number of nitrogens with one attached hydrogen (secondary N) is 1. The summed E-state index contributed by atoms with van der Waals surface area (Å²) in [5.74, 6) is -0.780. The van der Waals surface area contributed by atoms with Crippen LogP contribution in [0.2, 0.25) is 0 Å². The van der Waals surface area contributed by atoms with E-state index in [1.165, 1.54) is 32.3 Å². The Morgan fingerprint density at radius 2 is 1.61 bits per heavy atom. The SMILES string of the molecule is Cc1cc(C(=O)NCCS(=O)(=O)c2ccccc2)cc(S(=O)(=O)N(C)C)c1C. The molecule has 0 saturated heterocycles. The summed E-state index contributed by atoms with van der Waals surface area (Å²) in [6.45, 7) is 3.32. The maximum atomic E-state index is 12.5. The number of hydrogen-bond acceptors (Lipinski definition) is 5. The molecule has 0 radical (unpaired) electrons. The molecule has 2 rings (SSSR count). The van der Waals surface area contributed by atoms with Gasteiger partial charge in [0.15, 0.2) is 9.84 Å². The highest BCUT2D eigenvalue weighted by atomic mass is 32.2. The van der Waals surface area contributed by atoms with Gasteiger partial charge in [0, 0.05) is 26.2 Å². The first-order valence-corrected chi connectivity index (χ1v) is 11.7. The zero-order valence-corrected chi connectivity index (χ0v) is 17.9. The molecule has 2 aromatic carbocycles. The smallest absolute Gasteiger partial charge is 0.251 e. The standard InChI is InChI=1S/C19H24N2O5S2/c1-14-12-16(13-18(15(14)2)28(25,26)21(3)4)19(22)20-10-11-27(23,24)17-8-6-5-7-9-17/h5-9,12-13H,10-11H2,1-4H3,(H,20,22). The van der Waals surface area contributed by atoms with Gasteiger partial charge in [-0.1, -0.05) is 18.2 Å². The quantitative estimate of drug-likeness (QED) is 0.730. The van der Waals surface area contributed by atoms with Crippen LogP contribution in [-0.2, 0) is 19.9 Å². The third-order valence-corrected chi connectivity index (χ3v) is 8.07. The van der Waals surface area contributed by atoms with E-state index in [2.05, 4.69) is 5.32 Å². The monoisotopic (exact) mass is 424 g/mol. The second kappa shape index (κ2) is 8.42. The van der Waals surface area contributed by atoms with E-state index < -0.39 is 25.8 Å². The summed E-state index contributed by atoms with van der Waals surface area (Å²) < 4.78 is 50.6. The highest BCUT2D eigenvalue weighted by Crippen LogP contribution is 2.23. The minimum atomic E-state index is -3.71. The molecule has 0 unspecified atom stereocenters. The number of sulfone groups is 1. The van der Waals surface area contributed by atoms with Crippen molar-refractivity contribution in [3.63, 3.8) is 0 Å². The minimum absolute atomic E-state index is 0.0551. The third kappa shape index (κ3) is 4.78. The van der Waals surface area contributed by atoms with Crippen LogP contribution in [0, 0.1) is 13.8 Å². The van der Waals surface area contributed by atoms with Gasteiger partial charge in [-0.3, -0.25) is 4.79 Å². The molecular formula is C19H24N2O5S2. The van der Waals surface area contributed by atoms with E-state index in [-0.39, 0.29) is 27.7 Å². The van der Waals surface area contributed by atoms with Gasteiger partial charge in [0.1, 0.15) is 0 Å². The first-order valence-electron chi connectivity index (χ1n) is 8.56. The zero-order chi connectivity index (χ0) is 21.1. The lowest BCUT2D eigenvalue weighted by Gasteiger charge is -2.16. The molecule has 0 saturated carbocycles. The molecule has 0 aliphatic carbocycles. The summed E-state index contributed by atoms with van der Waals surface area (Å²) in [5.41, 5.74) is 1.39. The van der Waals surface area contributed by atoms with Crippen LogP contribution < -0.4 is 5.32 Å². The van der Waals surface area contributed by atoms with Crippen molar-refractivity contribution in [3.05, 3.63) is 59.2 Å². The molecule has 7 nitrogen and oxygen atoms in total. The van der Waals surface area contributed by atoms with E-state index in [0.29, 0.717) is 11.1 Å². The van der Waals surface area contributed by atoms with E-state index in [1.54, 1.807) is 38.1 Å². The Kier molecular flexibility index (Phi) is 6.63. The molecule has 0 bridgehead atoms. The molecule has 1 amide bonds. The van der Waals surface area contributed by atoms with Crippen LogP contribution in [0.25, 0.3) is 0 Å². The van der Waals surface area contributed by atoms with Crippen molar-refractivity contribution in [1.82, 2.24) is 9.62 Å². The van der Waals surface area contributed by atoms with Crippen molar-refractivity contribution >= 4 is 25.8 Å². The normalized spacial score (nSPS) is 12.2. The summed E-state index contributed by atoms with van der Waals surface area (Å²) in [6.07, 6.45) is 0. The lowest BCUT2D eigenvalue weighted by atomic mass is 10.1. The molecule has 0 aromatic heterocycles. The number of carbonyl (C=O) groups excluding carboxylic acids is 1. The molecule has 0 spiro atoms. The first kappa shape index (κ1) is 22.1. The van der Waals surface area contributed by atoms with E-state index in [9.17, 15) is 21.6 Å². The molecule has 28 heavy (non-hydrogen) atoms. The molecule has 0 aliphatic heterocycles. The van der Waals surface area contributed by atoms with Gasteiger partial charge in [0.25, 0.3) is 5.91 Å². The largest absolute Gasteiger partial charge is 0.351 e. The Balaban J connectivity index is 2.18. The van der Waals surface area contributed by atoms with E-state index in [1.807, 2.05) is 0 Å². The lowest BCUT2D eigenvalue weighted by Crippen LogP contribution is -2.30. The molecule has 0 heterocycles. The average Bonchev–Trinajstić information content (AvgIpc) is 2.64. The van der Waals surface area contributed by atoms with E-state index in [4.69, 9.17) is 0 Å². The van der Waals surface area contributed by atoms with Gasteiger partial charge in [0.2, 0.25) is 10.0 Å². The number of aryl methyl sites for hydroxylation is 1. The van der Waals surface area contributed by atoms with E-state index >= 15 is 0 Å². The van der Waals surface area contributed by atoms with Crippen LogP contribution in [-0.4, -0.2) is 53.4 Å². The maximum Gasteiger partial charge on any atom is 0.251 e. The molecule has 1 N–H and O–H groups in total. The molecule has 9 heteroatoms. The fourth-order valence-corrected chi connectivity index (χ4v) is 4.96. The fraction of sp³-hybridized carbons (Fsp3) is 0.316. The summed E-state index contributed by atoms with van der Waals surface area (Å²) >= 11 is 0. The minimum Gasteiger partial charge on any atom is -0.351 e. The summed E-state index contributed by atoms with van der Waals surface area (Å²) in [5, 5.41) is 2.55. The van der Waals surface area contributed by atoms with Crippen LogP contribution in [0.4, 0.5) is 0 Å². The van der Waals surface area contributed by atoms with Gasteiger partial charge in [0.05, 0.1) is 15.5 Å². The Bertz CT molecular complexity index is 1080. The van der Waals surface area contributed by atoms with Gasteiger partial charge in [-0.25, -0.2) is 21.1 Å². The summed E-state index contributed by atoms with van der Waals surface area (Å²) in [7, 11) is -4.38. The topological polar surface area (TPSA) is 101 Å². The number of benzene rings is 2. The van der Waals surface area contributed by atoms with Crippen molar-refractivity contribution in [2.75, 3.05) is 26.4 Å². The highest BCUT2D eigenvalue weighted by Gasteiger charge is 2.23. The molecule has 152 valence electrons. The van der Waals surface area contributed by atoms with Crippen LogP contribution in [0.3, 0.4) is 0 Å². The second-order valence-corrected chi connectivity index (χ2v) is 10.8. The summed E-state index contributed by atoms with van der Waals surface area (Å²) in [4.78, 5) is 12.7. The van der Waals surface area contributed by atoms with Crippen molar-refractivity contribution in [2.24, 2.45) is 0 Å². The van der Waals surface area contributed by atoms with Gasteiger partial charge < -0.3 is 5.32 Å². The highest BCUT2D eigenvalue weighted by molar-refractivity contribution is 7.91. The molecule has 0 atom stereocenters. The Morgan fingerprint density at radius 3 is 2.18 bits per heavy atom. The predicted molar refractivity (Wildman–Crippen MR) is 108 cm³/mol. The van der Waals surface area contributed by atoms with Crippen molar-refractivity contribution < 1.29 is 21.6 Å². The average molecular weight is 425 g/mol. The molecule has 0 fully saturated rings. The number of hydrogen-bond donors (Lipinski definition) is 1. The number of carbonyl (C=O) groups is 1. The Morgan fingerprint density at radius 1 is 1.00 bits per heavy atom. The third-order valence-electron chi connectivity index (χ3n) is 4.40. The number of nitrogens with zero attached hydrogens (tertiary/aromatic N) is 1. The fourth-order valence-electron chi connectivity index (χ4n) is 2.57. The van der Waals surface area contributed by atoms with Gasteiger partial charge in [-0.05, 0) is 49.2 Å². The van der Waals surface area contributed by atoms with Gasteiger partial charge in [-0.15, -0.1) is 0 Å².